The summed E-state index contributed by atoms with van der Waals surface area (Å²) in [6.45, 7) is 6.95. The molecule has 0 radical (unpaired) electrons. The third-order valence-electron chi connectivity index (χ3n) is 4.36. The summed E-state index contributed by atoms with van der Waals surface area (Å²) in [6.07, 6.45) is 8.65. The van der Waals surface area contributed by atoms with Gasteiger partial charge in [0.25, 0.3) is 0 Å². The van der Waals surface area contributed by atoms with Crippen molar-refractivity contribution in [3.05, 3.63) is 89.8 Å². The molecule has 4 nitrogen and oxygen atoms in total. The van der Waals surface area contributed by atoms with E-state index in [4.69, 9.17) is 0 Å². The van der Waals surface area contributed by atoms with E-state index in [9.17, 15) is 0 Å². The summed E-state index contributed by atoms with van der Waals surface area (Å²) in [7, 11) is 0. The lowest BCUT2D eigenvalue weighted by Gasteiger charge is -2.22. The molecule has 134 valence electrons. The minimum absolute atomic E-state index is 0.357. The standard InChI is InChI=1S/C22H26N4/c1-18(2)22-24-14-21(15-25-22)17-26(16-20-8-11-23-12-9-20)13-10-19-6-4-3-5-7-19/h3-9,11-12,14-15,18H,10,13,16-17H2,1-2H3. The molecule has 0 N–H and O–H groups in total. The Balaban J connectivity index is 1.69. The predicted octanol–water partition coefficient (Wildman–Crippen LogP) is 4.24. The summed E-state index contributed by atoms with van der Waals surface area (Å²) in [5.74, 6) is 1.26. The fourth-order valence-corrected chi connectivity index (χ4v) is 2.90. The van der Waals surface area contributed by atoms with Crippen LogP contribution in [0.15, 0.2) is 67.3 Å². The van der Waals surface area contributed by atoms with Crippen molar-refractivity contribution in [2.75, 3.05) is 6.54 Å². The van der Waals surface area contributed by atoms with E-state index in [0.29, 0.717) is 5.92 Å². The van der Waals surface area contributed by atoms with Gasteiger partial charge in [-0.15, -0.1) is 0 Å². The fraction of sp³-hybridized carbons (Fsp3) is 0.318. The van der Waals surface area contributed by atoms with Gasteiger partial charge in [0.15, 0.2) is 0 Å². The van der Waals surface area contributed by atoms with Crippen LogP contribution in [0.3, 0.4) is 0 Å². The highest BCUT2D eigenvalue weighted by molar-refractivity contribution is 5.16. The van der Waals surface area contributed by atoms with Crippen LogP contribution in [0.2, 0.25) is 0 Å². The van der Waals surface area contributed by atoms with Crippen LogP contribution in [0.5, 0.6) is 0 Å². The topological polar surface area (TPSA) is 41.9 Å². The van der Waals surface area contributed by atoms with Crippen molar-refractivity contribution < 1.29 is 0 Å². The summed E-state index contributed by atoms with van der Waals surface area (Å²) in [5, 5.41) is 0. The van der Waals surface area contributed by atoms with Crippen molar-refractivity contribution in [2.24, 2.45) is 0 Å². The van der Waals surface area contributed by atoms with Gasteiger partial charge >= 0.3 is 0 Å². The first-order chi connectivity index (χ1) is 12.7. The number of benzene rings is 1. The maximum absolute atomic E-state index is 4.51. The molecule has 3 aromatic rings. The molecule has 4 heteroatoms. The summed E-state index contributed by atoms with van der Waals surface area (Å²) < 4.78 is 0. The van der Waals surface area contributed by atoms with E-state index in [2.05, 4.69) is 76.2 Å². The van der Waals surface area contributed by atoms with Gasteiger partial charge in [-0.2, -0.15) is 0 Å². The molecular weight excluding hydrogens is 320 g/mol. The monoisotopic (exact) mass is 346 g/mol. The van der Waals surface area contributed by atoms with E-state index in [1.165, 1.54) is 11.1 Å². The van der Waals surface area contributed by atoms with Gasteiger partial charge in [0.05, 0.1) is 0 Å². The van der Waals surface area contributed by atoms with E-state index < -0.39 is 0 Å². The smallest absolute Gasteiger partial charge is 0.130 e. The fourth-order valence-electron chi connectivity index (χ4n) is 2.90. The Morgan fingerprint density at radius 3 is 2.12 bits per heavy atom. The van der Waals surface area contributed by atoms with Crippen LogP contribution in [0.1, 0.15) is 42.3 Å². The van der Waals surface area contributed by atoms with Crippen molar-refractivity contribution in [1.29, 1.82) is 0 Å². The predicted molar refractivity (Wildman–Crippen MR) is 105 cm³/mol. The normalized spacial score (nSPS) is 11.2. The van der Waals surface area contributed by atoms with Crippen molar-refractivity contribution in [1.82, 2.24) is 19.9 Å². The second-order valence-electron chi connectivity index (χ2n) is 6.91. The maximum Gasteiger partial charge on any atom is 0.130 e. The average molecular weight is 346 g/mol. The van der Waals surface area contributed by atoms with E-state index in [-0.39, 0.29) is 0 Å². The number of hydrogen-bond acceptors (Lipinski definition) is 4. The third-order valence-corrected chi connectivity index (χ3v) is 4.36. The van der Waals surface area contributed by atoms with Gasteiger partial charge in [0.1, 0.15) is 5.82 Å². The van der Waals surface area contributed by atoms with E-state index >= 15 is 0 Å². The first-order valence-corrected chi connectivity index (χ1v) is 9.16. The van der Waals surface area contributed by atoms with Gasteiger partial charge in [0.2, 0.25) is 0 Å². The molecule has 3 rings (SSSR count). The van der Waals surface area contributed by atoms with Gasteiger partial charge in [0, 0.05) is 55.9 Å². The van der Waals surface area contributed by atoms with E-state index in [1.54, 1.807) is 0 Å². The third kappa shape index (κ3) is 5.46. The highest BCUT2D eigenvalue weighted by Crippen LogP contribution is 2.12. The molecular formula is C22H26N4. The summed E-state index contributed by atoms with van der Waals surface area (Å²) in [4.78, 5) is 15.6. The molecule has 0 amide bonds. The van der Waals surface area contributed by atoms with Crippen molar-refractivity contribution in [3.8, 4) is 0 Å². The quantitative estimate of drug-likeness (QED) is 0.612. The molecule has 0 spiro atoms. The lowest BCUT2D eigenvalue weighted by Crippen LogP contribution is -2.25. The Kier molecular flexibility index (Phi) is 6.45. The van der Waals surface area contributed by atoms with E-state index in [0.717, 1.165) is 37.4 Å². The van der Waals surface area contributed by atoms with Crippen LogP contribution >= 0.6 is 0 Å². The number of nitrogens with zero attached hydrogens (tertiary/aromatic N) is 4. The molecule has 0 fully saturated rings. The molecule has 26 heavy (non-hydrogen) atoms. The first kappa shape index (κ1) is 18.2. The number of aromatic nitrogens is 3. The maximum atomic E-state index is 4.51. The Morgan fingerprint density at radius 2 is 1.46 bits per heavy atom. The highest BCUT2D eigenvalue weighted by atomic mass is 15.1. The van der Waals surface area contributed by atoms with Gasteiger partial charge in [-0.1, -0.05) is 44.2 Å². The zero-order valence-electron chi connectivity index (χ0n) is 15.5. The van der Waals surface area contributed by atoms with Gasteiger partial charge in [-0.25, -0.2) is 9.97 Å². The van der Waals surface area contributed by atoms with Crippen LogP contribution in [0.4, 0.5) is 0 Å². The van der Waals surface area contributed by atoms with Crippen LogP contribution in [-0.2, 0) is 19.5 Å². The Labute approximate surface area is 156 Å². The molecule has 0 saturated carbocycles. The molecule has 0 aliphatic rings. The summed E-state index contributed by atoms with van der Waals surface area (Å²) >= 11 is 0. The molecule has 0 unspecified atom stereocenters. The second-order valence-corrected chi connectivity index (χ2v) is 6.91. The second kappa shape index (κ2) is 9.20. The Bertz CT molecular complexity index is 770. The van der Waals surface area contributed by atoms with E-state index in [1.807, 2.05) is 24.8 Å². The van der Waals surface area contributed by atoms with Crippen LogP contribution < -0.4 is 0 Å². The van der Waals surface area contributed by atoms with Crippen LogP contribution in [-0.4, -0.2) is 26.4 Å². The minimum Gasteiger partial charge on any atom is -0.294 e. The summed E-state index contributed by atoms with van der Waals surface area (Å²) in [6, 6.07) is 14.8. The van der Waals surface area contributed by atoms with Gasteiger partial charge in [-0.3, -0.25) is 9.88 Å². The van der Waals surface area contributed by atoms with Gasteiger partial charge in [-0.05, 0) is 29.7 Å². The summed E-state index contributed by atoms with van der Waals surface area (Å²) in [5.41, 5.74) is 3.78. The van der Waals surface area contributed by atoms with Crippen LogP contribution in [0.25, 0.3) is 0 Å². The molecule has 2 aromatic heterocycles. The number of pyridine rings is 1. The number of hydrogen-bond donors (Lipinski definition) is 0. The molecule has 0 aliphatic heterocycles. The lowest BCUT2D eigenvalue weighted by atomic mass is 10.1. The molecule has 1 aromatic carbocycles. The van der Waals surface area contributed by atoms with Crippen molar-refractivity contribution in [2.45, 2.75) is 39.3 Å². The molecule has 0 atom stereocenters. The largest absolute Gasteiger partial charge is 0.294 e. The van der Waals surface area contributed by atoms with Crippen LogP contribution in [0, 0.1) is 0 Å². The van der Waals surface area contributed by atoms with Gasteiger partial charge < -0.3 is 0 Å². The lowest BCUT2D eigenvalue weighted by molar-refractivity contribution is 0.259. The Hall–Kier alpha value is -2.59. The molecule has 0 saturated heterocycles. The zero-order chi connectivity index (χ0) is 18.2. The molecule has 2 heterocycles. The highest BCUT2D eigenvalue weighted by Gasteiger charge is 2.09. The van der Waals surface area contributed by atoms with Crippen molar-refractivity contribution >= 4 is 0 Å². The SMILES string of the molecule is CC(C)c1ncc(CN(CCc2ccccc2)Cc2ccncc2)cn1. The zero-order valence-corrected chi connectivity index (χ0v) is 15.5. The van der Waals surface area contributed by atoms with Crippen molar-refractivity contribution in [3.63, 3.8) is 0 Å². The Morgan fingerprint density at radius 1 is 0.808 bits per heavy atom. The first-order valence-electron chi connectivity index (χ1n) is 9.16. The number of rotatable bonds is 8. The average Bonchev–Trinajstić information content (AvgIpc) is 2.68. The molecule has 0 bridgehead atoms. The minimum atomic E-state index is 0.357. The molecule has 0 aliphatic carbocycles.